The minimum atomic E-state index is -5.26. The number of carbonyl (C=O) groups excluding carboxylic acids is 2. The van der Waals surface area contributed by atoms with Gasteiger partial charge in [0.05, 0.1) is 50.0 Å². The molecule has 0 aromatic carbocycles. The zero-order valence-corrected chi connectivity index (χ0v) is 52.7. The van der Waals surface area contributed by atoms with Gasteiger partial charge in [-0.15, -0.1) is 0 Å². The number of hydrogen-bond acceptors (Lipinski definition) is 28. The second-order valence-corrected chi connectivity index (χ2v) is 29.1. The maximum Gasteiger partial charge on any atom is 0.397 e. The number of hydrogen-bond donors (Lipinski definition) is 11. The van der Waals surface area contributed by atoms with Crippen molar-refractivity contribution in [1.82, 2.24) is 0 Å². The maximum absolute atomic E-state index is 14.7. The van der Waals surface area contributed by atoms with E-state index < -0.39 is 212 Å². The van der Waals surface area contributed by atoms with E-state index in [4.69, 9.17) is 65.8 Å². The van der Waals surface area contributed by atoms with Crippen LogP contribution in [0.5, 0.6) is 0 Å². The first-order valence-electron chi connectivity index (χ1n) is 31.1. The van der Waals surface area contributed by atoms with E-state index in [1.807, 2.05) is 6.92 Å². The van der Waals surface area contributed by atoms with E-state index in [0.717, 1.165) is 12.0 Å². The number of ether oxygens (including phenoxy) is 13. The van der Waals surface area contributed by atoms with Crippen LogP contribution in [-0.4, -0.2) is 263 Å². The summed E-state index contributed by atoms with van der Waals surface area (Å²) in [5.41, 5.74) is -2.37. The molecule has 1 spiro atoms. The molecule has 29 nitrogen and oxygen atoms in total. The SMILES string of the molecule is CO[C@@H]1[C@@H](O)[C@H](O[C@@H]2[C@@H](O)[C@H](O[C@H]3[C@H](O)[C@@H](O[C@@H]4OC[C@@H](O)[C@H](O)[C@H]4O)[C@H](O[C@H]4[C@H](O[C@H]5CC[C@]6(C)C7CCC89C(=O)O[C@@](C)(CCC(C)C)C8C(OC(C)=O)C[C@@]9(C)C7=CCC6C5(C)C)OC[C@@H](OS(=O)(=O)O)[C@@H]4O)O[C@@H]3C)OC[C@H]2O)O[C@H](CO)[C@H]1O. The van der Waals surface area contributed by atoms with Crippen LogP contribution >= 0.6 is 0 Å². The summed E-state index contributed by atoms with van der Waals surface area (Å²) in [5, 5.41) is 111. The van der Waals surface area contributed by atoms with Gasteiger partial charge in [-0.2, -0.15) is 8.42 Å². The molecule has 0 bridgehead atoms. The molecule has 6 saturated heterocycles. The van der Waals surface area contributed by atoms with E-state index in [9.17, 15) is 73.6 Å². The Kier molecular flexibility index (Phi) is 20.3. The molecule has 6 heterocycles. The third-order valence-corrected chi connectivity index (χ3v) is 22.4. The molecule has 5 unspecified atom stereocenters. The van der Waals surface area contributed by atoms with Crippen LogP contribution in [0.1, 0.15) is 114 Å². The molecule has 0 aromatic rings. The molecule has 3 saturated carbocycles. The lowest BCUT2D eigenvalue weighted by Crippen LogP contribution is -2.67. The van der Waals surface area contributed by atoms with Crippen molar-refractivity contribution >= 4 is 22.3 Å². The van der Waals surface area contributed by atoms with Crippen LogP contribution in [0.25, 0.3) is 0 Å². The van der Waals surface area contributed by atoms with Crippen LogP contribution in [0, 0.1) is 45.3 Å². The minimum absolute atomic E-state index is 0.00370. The first-order chi connectivity index (χ1) is 41.7. The van der Waals surface area contributed by atoms with Crippen molar-refractivity contribution < 1.29 is 139 Å². The Morgan fingerprint density at radius 1 is 0.697 bits per heavy atom. The maximum atomic E-state index is 14.7. The zero-order valence-electron chi connectivity index (χ0n) is 51.9. The third-order valence-electron chi connectivity index (χ3n) is 21.9. The van der Waals surface area contributed by atoms with Crippen molar-refractivity contribution in [3.8, 4) is 0 Å². The predicted octanol–water partition coefficient (Wildman–Crippen LogP) is -1.23. The molecule has 0 radical (unpaired) electrons. The fraction of sp³-hybridized carbons (Fsp3) is 0.932. The summed E-state index contributed by atoms with van der Waals surface area (Å²) in [5.74, 6) is -0.734. The van der Waals surface area contributed by atoms with E-state index in [-0.39, 0.29) is 29.1 Å². The van der Waals surface area contributed by atoms with Crippen LogP contribution in [0.2, 0.25) is 0 Å². The number of carbonyl (C=O) groups is 2. The van der Waals surface area contributed by atoms with Crippen LogP contribution in [0.4, 0.5) is 0 Å². The average Bonchev–Trinajstić information content (AvgIpc) is 1.53. The molecule has 89 heavy (non-hydrogen) atoms. The average molecular weight is 1300 g/mol. The van der Waals surface area contributed by atoms with Crippen LogP contribution in [0.15, 0.2) is 11.6 Å². The molecular weight excluding hydrogens is 1200 g/mol. The van der Waals surface area contributed by atoms with Gasteiger partial charge in [-0.3, -0.25) is 14.1 Å². The van der Waals surface area contributed by atoms with Crippen molar-refractivity contribution in [3.05, 3.63) is 11.6 Å². The largest absolute Gasteiger partial charge is 0.462 e. The molecule has 4 aliphatic carbocycles. The highest BCUT2D eigenvalue weighted by Gasteiger charge is 2.79. The number of rotatable bonds is 18. The molecule has 6 aliphatic heterocycles. The number of aliphatic hydroxyl groups is 10. The van der Waals surface area contributed by atoms with Crippen molar-refractivity contribution in [2.24, 2.45) is 45.3 Å². The van der Waals surface area contributed by atoms with Gasteiger partial charge in [-0.05, 0) is 93.8 Å². The summed E-state index contributed by atoms with van der Waals surface area (Å²) in [6, 6.07) is 0. The van der Waals surface area contributed by atoms with Crippen molar-refractivity contribution in [2.75, 3.05) is 33.5 Å². The Morgan fingerprint density at radius 2 is 1.31 bits per heavy atom. The van der Waals surface area contributed by atoms with Gasteiger partial charge in [-0.1, -0.05) is 53.2 Å². The molecule has 0 aromatic heterocycles. The van der Waals surface area contributed by atoms with Crippen molar-refractivity contribution in [3.63, 3.8) is 0 Å². The number of cyclic esters (lactones) is 1. The standard InChI is InChI=1S/C59H94O29S/c1-24(2)13-17-58(9)48-31(80-26(4)61)19-57(8)28-11-12-34-55(5,6)35(15-16-56(34,7)27(28)14-18-59(48,57)54(71)87-58)82-52-46(38(66)33(23-78-52)88-89(72,73)74)86-53-47(85-49-39(67)36(64)29(62)21-76-49)40(68)43(25(3)79-53)83-50-41(69)44(30(63)22-77-50)84-51-42(70)45(75-10)37(65)32(20-60)81-51/h11,24-25,27,29-53,60,62-70H,12-23H2,1-10H3,(H,72,73,74)/t25-,27?,29-,30-,31?,32-,33-,34?,35+,36+,37-,38+,39-,40+,41-,42-,43-,44+,45+,46-,47-,48?,49+,50+,51+,52+,53+,56-,57+,58+,59?/m1/s1. The van der Waals surface area contributed by atoms with Gasteiger partial charge in [0.25, 0.3) is 0 Å². The van der Waals surface area contributed by atoms with E-state index >= 15 is 0 Å². The molecule has 31 atom stereocenters. The Bertz CT molecular complexity index is 2650. The number of methoxy groups -OCH3 is 1. The third kappa shape index (κ3) is 12.4. The Balaban J connectivity index is 0.907. The van der Waals surface area contributed by atoms with E-state index in [1.54, 1.807) is 0 Å². The molecule has 510 valence electrons. The number of aliphatic hydroxyl groups excluding tert-OH is 10. The van der Waals surface area contributed by atoms with Crippen molar-refractivity contribution in [1.29, 1.82) is 0 Å². The summed E-state index contributed by atoms with van der Waals surface area (Å²) in [7, 11) is -4.06. The topological polar surface area (TPSA) is 420 Å². The van der Waals surface area contributed by atoms with Gasteiger partial charge in [0.2, 0.25) is 0 Å². The normalized spacial score (nSPS) is 50.7. The number of allylic oxidation sites excluding steroid dienone is 2. The monoisotopic (exact) mass is 1300 g/mol. The lowest BCUT2D eigenvalue weighted by molar-refractivity contribution is -0.399. The van der Waals surface area contributed by atoms with Crippen LogP contribution < -0.4 is 0 Å². The lowest BCUT2D eigenvalue weighted by Gasteiger charge is -2.64. The van der Waals surface area contributed by atoms with Gasteiger partial charge < -0.3 is 113 Å². The summed E-state index contributed by atoms with van der Waals surface area (Å²) >= 11 is 0. The number of fused-ring (bicyclic) bond motifs is 4. The van der Waals surface area contributed by atoms with E-state index in [0.29, 0.717) is 50.9 Å². The van der Waals surface area contributed by atoms with Gasteiger partial charge in [0.1, 0.15) is 109 Å². The highest BCUT2D eigenvalue weighted by Crippen LogP contribution is 2.77. The molecule has 9 fully saturated rings. The zero-order chi connectivity index (χ0) is 65.0. The van der Waals surface area contributed by atoms with Gasteiger partial charge in [0, 0.05) is 19.4 Å². The number of esters is 2. The lowest BCUT2D eigenvalue weighted by atomic mass is 9.41. The summed E-state index contributed by atoms with van der Waals surface area (Å²) in [4.78, 5) is 27.5. The van der Waals surface area contributed by atoms with Crippen molar-refractivity contribution in [2.45, 2.75) is 267 Å². The molecule has 10 rings (SSSR count). The van der Waals surface area contributed by atoms with Gasteiger partial charge in [-0.25, -0.2) is 4.18 Å². The van der Waals surface area contributed by atoms with Crippen LogP contribution in [-0.2, 0) is 85.8 Å². The fourth-order valence-corrected chi connectivity index (χ4v) is 17.9. The Morgan fingerprint density at radius 3 is 1.97 bits per heavy atom. The van der Waals surface area contributed by atoms with Gasteiger partial charge in [0.15, 0.2) is 31.5 Å². The molecular formula is C59H94O29S. The van der Waals surface area contributed by atoms with Crippen LogP contribution in [0.3, 0.4) is 0 Å². The van der Waals surface area contributed by atoms with E-state index in [2.05, 4.69) is 47.6 Å². The predicted molar refractivity (Wildman–Crippen MR) is 298 cm³/mol. The van der Waals surface area contributed by atoms with Gasteiger partial charge >= 0.3 is 22.3 Å². The second-order valence-electron chi connectivity index (χ2n) is 28.1. The summed E-state index contributed by atoms with van der Waals surface area (Å²) < 4.78 is 118. The fourth-order valence-electron chi connectivity index (χ4n) is 17.4. The highest BCUT2D eigenvalue weighted by atomic mass is 32.3. The smallest absolute Gasteiger partial charge is 0.397 e. The molecule has 0 amide bonds. The minimum Gasteiger partial charge on any atom is -0.462 e. The quantitative estimate of drug-likeness (QED) is 0.0435. The highest BCUT2D eigenvalue weighted by molar-refractivity contribution is 7.80. The molecule has 11 N–H and O–H groups in total. The Hall–Kier alpha value is -2.29. The molecule has 10 aliphatic rings. The summed E-state index contributed by atoms with van der Waals surface area (Å²) in [6.07, 6.45) is -31.9. The Labute approximate surface area is 517 Å². The van der Waals surface area contributed by atoms with E-state index in [1.165, 1.54) is 21.0 Å². The summed E-state index contributed by atoms with van der Waals surface area (Å²) in [6.45, 7) is 15.1. The first-order valence-corrected chi connectivity index (χ1v) is 32.5. The molecule has 30 heteroatoms. The second kappa shape index (κ2) is 26.0. The first kappa shape index (κ1) is 69.5.